The van der Waals surface area contributed by atoms with Crippen LogP contribution < -0.4 is 11.1 Å². The van der Waals surface area contributed by atoms with Crippen LogP contribution in [0.1, 0.15) is 57.8 Å². The second kappa shape index (κ2) is 7.91. The molecular weight excluding hydrogens is 292 g/mol. The number of aliphatic imine (C=N–C) groups is 1. The number of hydrogen-bond acceptors (Lipinski definition) is 3. The minimum atomic E-state index is 0.305. The number of guanidine groups is 1. The molecular formula is C17H32N4S. The first-order valence-electron chi connectivity index (χ1n) is 9.18. The summed E-state index contributed by atoms with van der Waals surface area (Å²) in [4.78, 5) is 7.50. The van der Waals surface area contributed by atoms with Gasteiger partial charge < -0.3 is 11.1 Å². The van der Waals surface area contributed by atoms with Crippen molar-refractivity contribution in [3.05, 3.63) is 0 Å². The molecule has 1 heterocycles. The second-order valence-electron chi connectivity index (χ2n) is 7.21. The Bertz CT molecular complexity index is 367. The van der Waals surface area contributed by atoms with Crippen LogP contribution in [-0.2, 0) is 0 Å². The van der Waals surface area contributed by atoms with Gasteiger partial charge in [-0.1, -0.05) is 32.1 Å². The fourth-order valence-electron chi connectivity index (χ4n) is 4.38. The van der Waals surface area contributed by atoms with Crippen LogP contribution in [0.25, 0.3) is 0 Å². The zero-order valence-electron chi connectivity index (χ0n) is 13.9. The Morgan fingerprint density at radius 3 is 2.45 bits per heavy atom. The van der Waals surface area contributed by atoms with Crippen molar-refractivity contribution in [2.24, 2.45) is 10.7 Å². The van der Waals surface area contributed by atoms with Gasteiger partial charge in [-0.15, -0.1) is 0 Å². The van der Waals surface area contributed by atoms with Crippen molar-refractivity contribution in [3.8, 4) is 0 Å². The fraction of sp³-hybridized carbons (Fsp3) is 0.941. The van der Waals surface area contributed by atoms with Crippen molar-refractivity contribution in [3.63, 3.8) is 0 Å². The summed E-state index contributed by atoms with van der Waals surface area (Å²) in [7, 11) is 0. The van der Waals surface area contributed by atoms with E-state index in [0.29, 0.717) is 17.5 Å². The molecule has 0 spiro atoms. The van der Waals surface area contributed by atoms with Gasteiger partial charge in [0.1, 0.15) is 0 Å². The Balaban J connectivity index is 1.57. The highest BCUT2D eigenvalue weighted by atomic mass is 32.2. The molecule has 0 aromatic heterocycles. The third-order valence-corrected chi connectivity index (χ3v) is 6.66. The SMILES string of the molecule is NC(=NCC1(N2CCSCC2)CCCC1)NC1CCCCC1. The molecule has 0 amide bonds. The molecule has 3 aliphatic rings. The Labute approximate surface area is 139 Å². The summed E-state index contributed by atoms with van der Waals surface area (Å²) in [6.07, 6.45) is 11.9. The van der Waals surface area contributed by atoms with Crippen LogP contribution >= 0.6 is 11.8 Å². The summed E-state index contributed by atoms with van der Waals surface area (Å²) in [6, 6.07) is 0.559. The smallest absolute Gasteiger partial charge is 0.188 e. The van der Waals surface area contributed by atoms with Crippen LogP contribution in [0, 0.1) is 0 Å². The summed E-state index contributed by atoms with van der Waals surface area (Å²) in [5.74, 6) is 3.24. The van der Waals surface area contributed by atoms with Gasteiger partial charge in [0.05, 0.1) is 6.54 Å². The Morgan fingerprint density at radius 2 is 1.77 bits per heavy atom. The molecule has 4 nitrogen and oxygen atoms in total. The zero-order chi connectivity index (χ0) is 15.3. The number of nitrogens with one attached hydrogen (secondary N) is 1. The number of rotatable bonds is 4. The lowest BCUT2D eigenvalue weighted by Crippen LogP contribution is -2.53. The molecule has 3 N–H and O–H groups in total. The Kier molecular flexibility index (Phi) is 5.91. The first-order chi connectivity index (χ1) is 10.8. The minimum absolute atomic E-state index is 0.305. The van der Waals surface area contributed by atoms with Gasteiger partial charge in [0.2, 0.25) is 0 Å². The Morgan fingerprint density at radius 1 is 1.09 bits per heavy atom. The number of nitrogens with zero attached hydrogens (tertiary/aromatic N) is 2. The first kappa shape index (κ1) is 16.4. The lowest BCUT2D eigenvalue weighted by Gasteiger charge is -2.42. The number of hydrogen-bond donors (Lipinski definition) is 2. The third-order valence-electron chi connectivity index (χ3n) is 5.72. The average Bonchev–Trinajstić information content (AvgIpc) is 3.05. The van der Waals surface area contributed by atoms with Gasteiger partial charge in [-0.05, 0) is 25.7 Å². The first-order valence-corrected chi connectivity index (χ1v) is 10.3. The molecule has 0 aromatic rings. The zero-order valence-corrected chi connectivity index (χ0v) is 14.7. The summed E-state index contributed by atoms with van der Waals surface area (Å²) in [6.45, 7) is 3.36. The summed E-state index contributed by atoms with van der Waals surface area (Å²) < 4.78 is 0. The van der Waals surface area contributed by atoms with Crippen molar-refractivity contribution in [2.75, 3.05) is 31.1 Å². The van der Waals surface area contributed by atoms with Crippen molar-refractivity contribution >= 4 is 17.7 Å². The topological polar surface area (TPSA) is 53.6 Å². The molecule has 126 valence electrons. The van der Waals surface area contributed by atoms with E-state index in [2.05, 4.69) is 22.0 Å². The monoisotopic (exact) mass is 324 g/mol. The molecule has 5 heteroatoms. The highest BCUT2D eigenvalue weighted by Crippen LogP contribution is 2.37. The summed E-state index contributed by atoms with van der Waals surface area (Å²) in [5, 5.41) is 3.47. The standard InChI is InChI=1S/C17H32N4S/c18-16(20-15-6-2-1-3-7-15)19-14-17(8-4-5-9-17)21-10-12-22-13-11-21/h15H,1-14H2,(H3,18,19,20). The highest BCUT2D eigenvalue weighted by Gasteiger charge is 2.39. The summed E-state index contributed by atoms with van der Waals surface area (Å²) in [5.41, 5.74) is 6.49. The summed E-state index contributed by atoms with van der Waals surface area (Å²) >= 11 is 2.09. The molecule has 0 aromatic carbocycles. The number of nitrogens with two attached hydrogens (primary N) is 1. The van der Waals surface area contributed by atoms with Crippen LogP contribution in [0.5, 0.6) is 0 Å². The van der Waals surface area contributed by atoms with Crippen molar-refractivity contribution in [1.29, 1.82) is 0 Å². The van der Waals surface area contributed by atoms with E-state index in [9.17, 15) is 0 Å². The number of thioether (sulfide) groups is 1. The molecule has 0 radical (unpaired) electrons. The molecule has 0 atom stereocenters. The highest BCUT2D eigenvalue weighted by molar-refractivity contribution is 7.99. The van der Waals surface area contributed by atoms with Gasteiger partial charge in [-0.2, -0.15) is 11.8 Å². The maximum Gasteiger partial charge on any atom is 0.188 e. The fourth-order valence-corrected chi connectivity index (χ4v) is 5.28. The van der Waals surface area contributed by atoms with E-state index in [4.69, 9.17) is 10.7 Å². The van der Waals surface area contributed by atoms with Crippen LogP contribution in [0.4, 0.5) is 0 Å². The van der Waals surface area contributed by atoms with Gasteiger partial charge in [-0.25, -0.2) is 0 Å². The predicted octanol–water partition coefficient (Wildman–Crippen LogP) is 2.58. The van der Waals surface area contributed by atoms with Crippen LogP contribution in [0.3, 0.4) is 0 Å². The van der Waals surface area contributed by atoms with Gasteiger partial charge in [0, 0.05) is 36.2 Å². The van der Waals surface area contributed by atoms with Crippen molar-refractivity contribution in [2.45, 2.75) is 69.4 Å². The van der Waals surface area contributed by atoms with E-state index in [1.165, 1.54) is 82.4 Å². The molecule has 1 saturated heterocycles. The third kappa shape index (κ3) is 4.10. The normalized spacial score (nSPS) is 27.9. The van der Waals surface area contributed by atoms with E-state index in [0.717, 1.165) is 6.54 Å². The van der Waals surface area contributed by atoms with Gasteiger partial charge in [-0.3, -0.25) is 9.89 Å². The molecule has 3 fully saturated rings. The quantitative estimate of drug-likeness (QED) is 0.616. The minimum Gasteiger partial charge on any atom is -0.370 e. The molecule has 22 heavy (non-hydrogen) atoms. The lowest BCUT2D eigenvalue weighted by atomic mass is 9.94. The second-order valence-corrected chi connectivity index (χ2v) is 8.44. The van der Waals surface area contributed by atoms with E-state index < -0.39 is 0 Å². The predicted molar refractivity (Wildman–Crippen MR) is 96.6 cm³/mol. The van der Waals surface area contributed by atoms with Crippen LogP contribution in [0.15, 0.2) is 4.99 Å². The Hall–Kier alpha value is -0.420. The molecule has 1 aliphatic heterocycles. The molecule has 2 saturated carbocycles. The molecule has 0 bridgehead atoms. The maximum atomic E-state index is 6.19. The van der Waals surface area contributed by atoms with Gasteiger partial charge in [0.15, 0.2) is 5.96 Å². The van der Waals surface area contributed by atoms with E-state index in [1.807, 2.05) is 0 Å². The average molecular weight is 325 g/mol. The molecule has 2 aliphatic carbocycles. The van der Waals surface area contributed by atoms with E-state index in [-0.39, 0.29) is 0 Å². The van der Waals surface area contributed by atoms with E-state index in [1.54, 1.807) is 0 Å². The van der Waals surface area contributed by atoms with Gasteiger partial charge in [0.25, 0.3) is 0 Å². The van der Waals surface area contributed by atoms with Crippen molar-refractivity contribution in [1.82, 2.24) is 10.2 Å². The largest absolute Gasteiger partial charge is 0.370 e. The van der Waals surface area contributed by atoms with Crippen LogP contribution in [0.2, 0.25) is 0 Å². The van der Waals surface area contributed by atoms with Crippen molar-refractivity contribution < 1.29 is 0 Å². The van der Waals surface area contributed by atoms with Crippen LogP contribution in [-0.4, -0.2) is 53.6 Å². The maximum absolute atomic E-state index is 6.19. The van der Waals surface area contributed by atoms with Gasteiger partial charge >= 0.3 is 0 Å². The van der Waals surface area contributed by atoms with E-state index >= 15 is 0 Å². The molecule has 3 rings (SSSR count). The lowest BCUT2D eigenvalue weighted by molar-refractivity contribution is 0.112. The molecule has 0 unspecified atom stereocenters.